The van der Waals surface area contributed by atoms with E-state index in [2.05, 4.69) is 17.1 Å². The fraction of sp³-hybridized carbons (Fsp3) is 0.345. The number of para-hydroxylation sites is 2. The first-order valence-electron chi connectivity index (χ1n) is 12.3. The Kier molecular flexibility index (Phi) is 8.55. The van der Waals surface area contributed by atoms with Gasteiger partial charge in [-0.05, 0) is 55.0 Å². The number of nitrogens with zero attached hydrogens (tertiary/aromatic N) is 3. The van der Waals surface area contributed by atoms with Crippen LogP contribution in [0.5, 0.6) is 11.5 Å². The van der Waals surface area contributed by atoms with Crippen LogP contribution in [0.25, 0.3) is 0 Å². The first-order chi connectivity index (χ1) is 17.6. The molecule has 3 aromatic rings. The number of carbonyl (C=O) groups is 2. The van der Waals surface area contributed by atoms with Crippen LogP contribution >= 0.6 is 0 Å². The van der Waals surface area contributed by atoms with Crippen LogP contribution in [-0.2, 0) is 11.2 Å². The van der Waals surface area contributed by atoms with Crippen LogP contribution in [0.4, 0.5) is 0 Å². The highest BCUT2D eigenvalue weighted by molar-refractivity contribution is 5.92. The van der Waals surface area contributed by atoms with Crippen LogP contribution in [0.2, 0.25) is 0 Å². The summed E-state index contributed by atoms with van der Waals surface area (Å²) in [6.07, 6.45) is 4.03. The Bertz CT molecular complexity index is 1130. The molecule has 1 aliphatic rings. The molecule has 1 aliphatic heterocycles. The average Bonchev–Trinajstić information content (AvgIpc) is 2.95. The Labute approximate surface area is 212 Å². The zero-order valence-electron chi connectivity index (χ0n) is 20.9. The lowest BCUT2D eigenvalue weighted by atomic mass is 9.84. The van der Waals surface area contributed by atoms with Crippen molar-refractivity contribution in [3.8, 4) is 11.5 Å². The highest BCUT2D eigenvalue weighted by Gasteiger charge is 2.33. The molecular formula is C29H33N3O4. The number of pyridine rings is 1. The van der Waals surface area contributed by atoms with Gasteiger partial charge in [0.2, 0.25) is 0 Å². The van der Waals surface area contributed by atoms with Crippen LogP contribution in [0.15, 0.2) is 79.0 Å². The third-order valence-corrected chi connectivity index (χ3v) is 6.85. The van der Waals surface area contributed by atoms with E-state index in [0.717, 1.165) is 19.3 Å². The number of amides is 2. The van der Waals surface area contributed by atoms with Crippen LogP contribution in [-0.4, -0.2) is 66.5 Å². The van der Waals surface area contributed by atoms with E-state index in [-0.39, 0.29) is 30.4 Å². The number of hydrogen-bond acceptors (Lipinski definition) is 5. The van der Waals surface area contributed by atoms with Gasteiger partial charge in [-0.1, -0.05) is 48.5 Å². The summed E-state index contributed by atoms with van der Waals surface area (Å²) >= 11 is 0. The summed E-state index contributed by atoms with van der Waals surface area (Å²) < 4.78 is 11.0. The van der Waals surface area contributed by atoms with Gasteiger partial charge in [0.05, 0.1) is 7.11 Å². The first-order valence-corrected chi connectivity index (χ1v) is 12.3. The first kappa shape index (κ1) is 25.2. The molecule has 188 valence electrons. The molecule has 2 heterocycles. The molecule has 0 bridgehead atoms. The zero-order valence-corrected chi connectivity index (χ0v) is 20.9. The van der Waals surface area contributed by atoms with Crippen molar-refractivity contribution in [1.29, 1.82) is 0 Å². The number of hydrogen-bond donors (Lipinski definition) is 0. The molecule has 0 radical (unpaired) electrons. The molecule has 2 amide bonds. The van der Waals surface area contributed by atoms with Gasteiger partial charge in [-0.25, -0.2) is 0 Å². The van der Waals surface area contributed by atoms with Gasteiger partial charge in [0.15, 0.2) is 18.1 Å². The van der Waals surface area contributed by atoms with Gasteiger partial charge < -0.3 is 19.3 Å². The van der Waals surface area contributed by atoms with Gasteiger partial charge in [0.25, 0.3) is 11.8 Å². The minimum absolute atomic E-state index is 0.00369. The van der Waals surface area contributed by atoms with Gasteiger partial charge in [-0.2, -0.15) is 0 Å². The van der Waals surface area contributed by atoms with E-state index in [1.54, 1.807) is 31.5 Å². The maximum atomic E-state index is 13.2. The molecule has 0 spiro atoms. The standard InChI is InChI=1S/C29H33N3O4/c1-31(29(34)24-12-8-9-17-30-24)25(20-22-10-4-3-5-11-22)23-15-18-32(19-16-23)28(33)21-36-27-14-7-6-13-26(27)35-2/h3-14,17,23,25H,15-16,18-21H2,1-2H3. The fourth-order valence-corrected chi connectivity index (χ4v) is 4.80. The van der Waals surface area contributed by atoms with Gasteiger partial charge >= 0.3 is 0 Å². The van der Waals surface area contributed by atoms with Gasteiger partial charge in [-0.15, -0.1) is 0 Å². The molecule has 2 aromatic carbocycles. The van der Waals surface area contributed by atoms with Crippen molar-refractivity contribution < 1.29 is 19.1 Å². The summed E-state index contributed by atoms with van der Waals surface area (Å²) in [6, 6.07) is 22.9. The molecule has 0 saturated carbocycles. The monoisotopic (exact) mass is 487 g/mol. The summed E-state index contributed by atoms with van der Waals surface area (Å²) in [5, 5.41) is 0. The van der Waals surface area contributed by atoms with Crippen LogP contribution in [0, 0.1) is 5.92 Å². The number of aromatic nitrogens is 1. The second-order valence-electron chi connectivity index (χ2n) is 9.05. The molecule has 7 nitrogen and oxygen atoms in total. The van der Waals surface area contributed by atoms with Crippen molar-refractivity contribution in [2.75, 3.05) is 33.9 Å². The van der Waals surface area contributed by atoms with Crippen molar-refractivity contribution >= 4 is 11.8 Å². The number of benzene rings is 2. The van der Waals surface area contributed by atoms with E-state index in [9.17, 15) is 9.59 Å². The van der Waals surface area contributed by atoms with E-state index in [1.807, 2.05) is 59.3 Å². The van der Waals surface area contributed by atoms with E-state index in [4.69, 9.17) is 9.47 Å². The normalized spacial score (nSPS) is 14.7. The molecule has 1 saturated heterocycles. The molecule has 1 atom stereocenters. The lowest BCUT2D eigenvalue weighted by Gasteiger charge is -2.40. The van der Waals surface area contributed by atoms with Crippen LogP contribution < -0.4 is 9.47 Å². The summed E-state index contributed by atoms with van der Waals surface area (Å²) in [5.74, 6) is 1.30. The van der Waals surface area contributed by atoms with E-state index in [0.29, 0.717) is 30.3 Å². The van der Waals surface area contributed by atoms with E-state index >= 15 is 0 Å². The summed E-state index contributed by atoms with van der Waals surface area (Å²) in [6.45, 7) is 1.24. The Hall–Kier alpha value is -3.87. The molecule has 1 unspecified atom stereocenters. The number of rotatable bonds is 9. The van der Waals surface area contributed by atoms with Crippen LogP contribution in [0.1, 0.15) is 28.9 Å². The second-order valence-corrected chi connectivity index (χ2v) is 9.05. The lowest BCUT2D eigenvalue weighted by Crippen LogP contribution is -2.49. The quantitative estimate of drug-likeness (QED) is 0.455. The molecule has 0 N–H and O–H groups in total. The van der Waals surface area contributed by atoms with Crippen molar-refractivity contribution in [2.24, 2.45) is 5.92 Å². The Morgan fingerprint density at radius 2 is 1.64 bits per heavy atom. The number of methoxy groups -OCH3 is 1. The molecule has 0 aliphatic carbocycles. The van der Waals surface area contributed by atoms with Crippen LogP contribution in [0.3, 0.4) is 0 Å². The Balaban J connectivity index is 1.40. The predicted octanol–water partition coefficient (Wildman–Crippen LogP) is 4.09. The minimum Gasteiger partial charge on any atom is -0.493 e. The number of piperidine rings is 1. The van der Waals surface area contributed by atoms with Gasteiger partial charge in [0.1, 0.15) is 5.69 Å². The number of likely N-dealkylation sites (tertiary alicyclic amines) is 1. The Morgan fingerprint density at radius 1 is 0.972 bits per heavy atom. The second kappa shape index (κ2) is 12.2. The van der Waals surface area contributed by atoms with E-state index < -0.39 is 0 Å². The molecule has 4 rings (SSSR count). The smallest absolute Gasteiger partial charge is 0.272 e. The minimum atomic E-state index is -0.0831. The van der Waals surface area contributed by atoms with Crippen molar-refractivity contribution in [2.45, 2.75) is 25.3 Å². The molecular weight excluding hydrogens is 454 g/mol. The highest BCUT2D eigenvalue weighted by Crippen LogP contribution is 2.28. The number of ether oxygens (including phenoxy) is 2. The van der Waals surface area contributed by atoms with Gasteiger partial charge in [0, 0.05) is 32.4 Å². The third kappa shape index (κ3) is 6.22. The zero-order chi connectivity index (χ0) is 25.3. The maximum Gasteiger partial charge on any atom is 0.272 e. The SMILES string of the molecule is COc1ccccc1OCC(=O)N1CCC(C(Cc2ccccc2)N(C)C(=O)c2ccccn2)CC1. The largest absolute Gasteiger partial charge is 0.493 e. The lowest BCUT2D eigenvalue weighted by molar-refractivity contribution is -0.135. The molecule has 36 heavy (non-hydrogen) atoms. The highest BCUT2D eigenvalue weighted by atomic mass is 16.5. The van der Waals surface area contributed by atoms with Gasteiger partial charge in [-0.3, -0.25) is 14.6 Å². The predicted molar refractivity (Wildman–Crippen MR) is 138 cm³/mol. The molecule has 7 heteroatoms. The van der Waals surface area contributed by atoms with Crippen molar-refractivity contribution in [3.63, 3.8) is 0 Å². The maximum absolute atomic E-state index is 13.2. The average molecular weight is 488 g/mol. The summed E-state index contributed by atoms with van der Waals surface area (Å²) in [7, 11) is 3.44. The van der Waals surface area contributed by atoms with Crippen molar-refractivity contribution in [1.82, 2.24) is 14.8 Å². The number of likely N-dealkylation sites (N-methyl/N-ethyl adjacent to an activating group) is 1. The Morgan fingerprint density at radius 3 is 2.31 bits per heavy atom. The summed E-state index contributed by atoms with van der Waals surface area (Å²) in [5.41, 5.74) is 1.63. The number of carbonyl (C=O) groups excluding carboxylic acids is 2. The topological polar surface area (TPSA) is 72.0 Å². The third-order valence-electron chi connectivity index (χ3n) is 6.85. The fourth-order valence-electron chi connectivity index (χ4n) is 4.80. The molecule has 1 fully saturated rings. The van der Waals surface area contributed by atoms with Crippen molar-refractivity contribution in [3.05, 3.63) is 90.3 Å². The molecule has 1 aromatic heterocycles. The summed E-state index contributed by atoms with van der Waals surface area (Å²) in [4.78, 5) is 34.0. The van der Waals surface area contributed by atoms with E-state index in [1.165, 1.54) is 5.56 Å².